The maximum absolute atomic E-state index is 4.28. The van der Waals surface area contributed by atoms with Gasteiger partial charge < -0.3 is 0 Å². The number of rotatable bonds is 9. The van der Waals surface area contributed by atoms with E-state index in [1.54, 1.807) is 0 Å². The Labute approximate surface area is 331 Å². The average molecular weight is 717 g/mol. The van der Waals surface area contributed by atoms with Crippen LogP contribution in [0.4, 0.5) is 0 Å². The van der Waals surface area contributed by atoms with E-state index in [4.69, 9.17) is 0 Å². The largest absolute Gasteiger partial charge is 0.243 e. The van der Waals surface area contributed by atoms with Crippen molar-refractivity contribution in [1.29, 1.82) is 0 Å². The molecule has 0 aliphatic heterocycles. The molecule has 0 amide bonds. The third-order valence-corrected chi connectivity index (χ3v) is 11.8. The lowest BCUT2D eigenvalue weighted by Crippen LogP contribution is -2.55. The predicted octanol–water partition coefficient (Wildman–Crippen LogP) is 12.9. The molecule has 0 unspecified atom stereocenters. The molecule has 0 spiro atoms. The quantitative estimate of drug-likeness (QED) is 0.103. The summed E-state index contributed by atoms with van der Waals surface area (Å²) in [5, 5.41) is 7.64. The lowest BCUT2D eigenvalue weighted by Gasteiger charge is -2.26. The minimum absolute atomic E-state index is 0.0300. The van der Waals surface area contributed by atoms with Crippen LogP contribution in [0.5, 0.6) is 0 Å². The van der Waals surface area contributed by atoms with Crippen molar-refractivity contribution in [3.8, 4) is 33.4 Å². The van der Waals surface area contributed by atoms with Crippen LogP contribution >= 0.6 is 0 Å². The van der Waals surface area contributed by atoms with Crippen molar-refractivity contribution in [1.82, 2.24) is 0 Å². The smallest absolute Gasteiger partial charge is 0.0985 e. The SMILES string of the molecule is C=Cc1ccc(C)c(B(c2cccc(-c3c4ccccc4c(-c4ccc(-c5ccccc5)cc4)c4ccccc34)c2)c2c(C)ccc3ccccc23)c1CCC. The van der Waals surface area contributed by atoms with E-state index in [0.29, 0.717) is 0 Å². The molecule has 0 aliphatic carbocycles. The Morgan fingerprint density at radius 1 is 0.464 bits per heavy atom. The van der Waals surface area contributed by atoms with Gasteiger partial charge in [0.05, 0.1) is 0 Å². The predicted molar refractivity (Wildman–Crippen MR) is 246 cm³/mol. The summed E-state index contributed by atoms with van der Waals surface area (Å²) in [7, 11) is 0. The highest BCUT2D eigenvalue weighted by Gasteiger charge is 2.30. The zero-order valence-corrected chi connectivity index (χ0v) is 32.5. The first-order valence-corrected chi connectivity index (χ1v) is 20.0. The van der Waals surface area contributed by atoms with Crippen LogP contribution in [0.25, 0.3) is 71.8 Å². The summed E-state index contributed by atoms with van der Waals surface area (Å²) < 4.78 is 0. The van der Waals surface area contributed by atoms with Gasteiger partial charge in [-0.1, -0.05) is 229 Å². The van der Waals surface area contributed by atoms with Crippen molar-refractivity contribution < 1.29 is 0 Å². The molecule has 0 heterocycles. The van der Waals surface area contributed by atoms with Gasteiger partial charge in [0.15, 0.2) is 0 Å². The first kappa shape index (κ1) is 35.3. The maximum atomic E-state index is 4.28. The fourth-order valence-corrected chi connectivity index (χ4v) is 9.27. The summed E-state index contributed by atoms with van der Waals surface area (Å²) in [6, 6.07) is 65.2. The van der Waals surface area contributed by atoms with Crippen molar-refractivity contribution in [2.24, 2.45) is 0 Å². The van der Waals surface area contributed by atoms with E-state index in [2.05, 4.69) is 203 Å². The third-order valence-electron chi connectivity index (χ3n) is 11.8. The van der Waals surface area contributed by atoms with Gasteiger partial charge >= 0.3 is 0 Å². The second kappa shape index (κ2) is 15.0. The van der Waals surface area contributed by atoms with Gasteiger partial charge in [0.1, 0.15) is 0 Å². The molecule has 1 heteroatoms. The normalized spacial score (nSPS) is 11.3. The Bertz CT molecular complexity index is 2840. The molecule has 0 saturated carbocycles. The molecule has 0 aliphatic rings. The Hall–Kier alpha value is -6.44. The molecule has 9 aromatic carbocycles. The molecular formula is C55H45B. The molecule has 0 atom stereocenters. The van der Waals surface area contributed by atoms with Crippen LogP contribution in [0.15, 0.2) is 183 Å². The summed E-state index contributed by atoms with van der Waals surface area (Å²) in [6.45, 7) is 11.2. The summed E-state index contributed by atoms with van der Waals surface area (Å²) >= 11 is 0. The van der Waals surface area contributed by atoms with Crippen LogP contribution in [0, 0.1) is 13.8 Å². The van der Waals surface area contributed by atoms with Gasteiger partial charge in [0.25, 0.3) is 0 Å². The maximum Gasteiger partial charge on any atom is 0.243 e. The second-order valence-corrected chi connectivity index (χ2v) is 15.2. The molecule has 0 N–H and O–H groups in total. The van der Waals surface area contributed by atoms with E-state index in [1.807, 2.05) is 6.08 Å². The number of benzene rings is 9. The van der Waals surface area contributed by atoms with Crippen LogP contribution in [0.2, 0.25) is 0 Å². The summed E-state index contributed by atoms with van der Waals surface area (Å²) in [5.41, 5.74) is 16.8. The Morgan fingerprint density at radius 2 is 0.982 bits per heavy atom. The monoisotopic (exact) mass is 716 g/mol. The molecule has 0 radical (unpaired) electrons. The summed E-state index contributed by atoms with van der Waals surface area (Å²) in [4.78, 5) is 0. The molecule has 0 bridgehead atoms. The molecule has 56 heavy (non-hydrogen) atoms. The molecule has 9 rings (SSSR count). The third kappa shape index (κ3) is 6.14. The fraction of sp³-hybridized carbons (Fsp3) is 0.0909. The van der Waals surface area contributed by atoms with E-state index in [9.17, 15) is 0 Å². The minimum atomic E-state index is 0.0300. The van der Waals surface area contributed by atoms with Gasteiger partial charge in [-0.05, 0) is 97.1 Å². The van der Waals surface area contributed by atoms with E-state index in [1.165, 1.54) is 104 Å². The molecule has 0 fully saturated rings. The average Bonchev–Trinajstić information content (AvgIpc) is 3.25. The topological polar surface area (TPSA) is 0 Å². The molecule has 9 aromatic rings. The number of fused-ring (bicyclic) bond motifs is 3. The van der Waals surface area contributed by atoms with Crippen LogP contribution in [-0.2, 0) is 6.42 Å². The van der Waals surface area contributed by atoms with E-state index < -0.39 is 0 Å². The highest BCUT2D eigenvalue weighted by Crippen LogP contribution is 2.43. The van der Waals surface area contributed by atoms with E-state index in [0.717, 1.165) is 12.8 Å². The number of aryl methyl sites for hydroxylation is 2. The van der Waals surface area contributed by atoms with Crippen molar-refractivity contribution >= 4 is 61.5 Å². The van der Waals surface area contributed by atoms with Crippen LogP contribution < -0.4 is 16.4 Å². The van der Waals surface area contributed by atoms with Crippen LogP contribution in [0.3, 0.4) is 0 Å². The molecular weight excluding hydrogens is 671 g/mol. The zero-order chi connectivity index (χ0) is 38.2. The molecule has 268 valence electrons. The summed E-state index contributed by atoms with van der Waals surface area (Å²) in [5.74, 6) is 0. The summed E-state index contributed by atoms with van der Waals surface area (Å²) in [6.07, 6.45) is 4.12. The van der Waals surface area contributed by atoms with Crippen molar-refractivity contribution in [2.45, 2.75) is 33.6 Å². The molecule has 0 aromatic heterocycles. The Kier molecular flexibility index (Phi) is 9.45. The zero-order valence-electron chi connectivity index (χ0n) is 32.5. The first-order valence-electron chi connectivity index (χ1n) is 20.0. The molecule has 0 nitrogen and oxygen atoms in total. The van der Waals surface area contributed by atoms with Gasteiger partial charge in [-0.3, -0.25) is 0 Å². The number of hydrogen-bond acceptors (Lipinski definition) is 0. The van der Waals surface area contributed by atoms with Gasteiger partial charge in [0.2, 0.25) is 6.71 Å². The van der Waals surface area contributed by atoms with Crippen molar-refractivity contribution in [2.75, 3.05) is 0 Å². The van der Waals surface area contributed by atoms with Gasteiger partial charge in [0, 0.05) is 0 Å². The lowest BCUT2D eigenvalue weighted by atomic mass is 9.34. The molecule has 0 saturated heterocycles. The van der Waals surface area contributed by atoms with Crippen LogP contribution in [-0.4, -0.2) is 6.71 Å². The minimum Gasteiger partial charge on any atom is -0.0985 e. The van der Waals surface area contributed by atoms with Gasteiger partial charge in [-0.15, -0.1) is 0 Å². The first-order chi connectivity index (χ1) is 27.6. The van der Waals surface area contributed by atoms with E-state index >= 15 is 0 Å². The lowest BCUT2D eigenvalue weighted by molar-refractivity contribution is 0.923. The second-order valence-electron chi connectivity index (χ2n) is 15.2. The van der Waals surface area contributed by atoms with Crippen LogP contribution in [0.1, 0.15) is 35.6 Å². The van der Waals surface area contributed by atoms with Gasteiger partial charge in [-0.25, -0.2) is 0 Å². The number of hydrogen-bond donors (Lipinski definition) is 0. The highest BCUT2D eigenvalue weighted by atomic mass is 14.2. The van der Waals surface area contributed by atoms with Crippen molar-refractivity contribution in [3.05, 3.63) is 205 Å². The fourth-order valence-electron chi connectivity index (χ4n) is 9.27. The highest BCUT2D eigenvalue weighted by molar-refractivity contribution is 6.97. The standard InChI is InChI=1S/C55H45B/c1-5-17-46-39(6-2)30-28-37(3)54(46)56(55-38(4)29-31-42-20-10-11-23-47(42)55)45-22-16-21-44(36-45)53-50-26-14-12-24-48(50)52(49-25-13-15-27-51(49)53)43-34-32-41(33-35-43)40-18-8-7-9-19-40/h6-16,18-36H,2,5,17H2,1,3-4H3. The Morgan fingerprint density at radius 3 is 1.62 bits per heavy atom. The van der Waals surface area contributed by atoms with Crippen molar-refractivity contribution in [3.63, 3.8) is 0 Å². The van der Waals surface area contributed by atoms with Gasteiger partial charge in [-0.2, -0.15) is 0 Å². The van der Waals surface area contributed by atoms with E-state index in [-0.39, 0.29) is 6.71 Å². The Balaban J connectivity index is 1.30.